The van der Waals surface area contributed by atoms with Crippen LogP contribution in [0, 0.1) is 0 Å². The average Bonchev–Trinajstić information content (AvgIpc) is 3.23. The van der Waals surface area contributed by atoms with E-state index in [0.717, 1.165) is 30.8 Å². The predicted molar refractivity (Wildman–Crippen MR) is 98.7 cm³/mol. The lowest BCUT2D eigenvalue weighted by molar-refractivity contribution is 0.477. The first kappa shape index (κ1) is 16.2. The number of anilines is 1. The van der Waals surface area contributed by atoms with E-state index in [1.54, 1.807) is 24.7 Å². The van der Waals surface area contributed by atoms with Crippen molar-refractivity contribution in [3.8, 4) is 28.1 Å². The van der Waals surface area contributed by atoms with E-state index < -0.39 is 0 Å². The summed E-state index contributed by atoms with van der Waals surface area (Å²) in [6.07, 6.45) is 7.00. The summed E-state index contributed by atoms with van der Waals surface area (Å²) in [6, 6.07) is 5.61. The predicted octanol–water partition coefficient (Wildman–Crippen LogP) is 1.60. The van der Waals surface area contributed by atoms with E-state index in [-0.39, 0.29) is 11.8 Å². The van der Waals surface area contributed by atoms with E-state index in [4.69, 9.17) is 0 Å². The Morgan fingerprint density at radius 3 is 2.85 bits per heavy atom. The minimum Gasteiger partial charge on any atom is -0.507 e. The van der Waals surface area contributed by atoms with Crippen molar-refractivity contribution in [3.05, 3.63) is 49.4 Å². The highest BCUT2D eigenvalue weighted by Gasteiger charge is 2.19. The van der Waals surface area contributed by atoms with Crippen LogP contribution in [-0.4, -0.2) is 56.2 Å². The van der Waals surface area contributed by atoms with Gasteiger partial charge < -0.3 is 15.3 Å². The Bertz CT molecular complexity index is 892. The van der Waals surface area contributed by atoms with Gasteiger partial charge in [-0.3, -0.25) is 5.10 Å². The molecule has 1 aromatic carbocycles. The highest BCUT2D eigenvalue weighted by molar-refractivity contribution is 5.73. The van der Waals surface area contributed by atoms with Crippen LogP contribution in [0.2, 0.25) is 0 Å². The van der Waals surface area contributed by atoms with Gasteiger partial charge in [-0.15, -0.1) is 16.8 Å². The molecular formula is C18H19N7O. The molecule has 2 aromatic heterocycles. The summed E-state index contributed by atoms with van der Waals surface area (Å²) in [5, 5.41) is 28.9. The molecule has 1 aliphatic heterocycles. The quantitative estimate of drug-likeness (QED) is 0.615. The molecule has 1 aliphatic rings. The Labute approximate surface area is 150 Å². The van der Waals surface area contributed by atoms with Crippen LogP contribution in [0.4, 0.5) is 5.95 Å². The number of phenols is 1. The van der Waals surface area contributed by atoms with Gasteiger partial charge in [0.15, 0.2) is 0 Å². The zero-order valence-corrected chi connectivity index (χ0v) is 14.1. The highest BCUT2D eigenvalue weighted by atomic mass is 16.3. The van der Waals surface area contributed by atoms with Crippen molar-refractivity contribution < 1.29 is 5.11 Å². The van der Waals surface area contributed by atoms with Gasteiger partial charge in [-0.05, 0) is 17.7 Å². The van der Waals surface area contributed by atoms with Gasteiger partial charge in [0.2, 0.25) is 5.95 Å². The molecule has 132 valence electrons. The van der Waals surface area contributed by atoms with Crippen LogP contribution in [0.3, 0.4) is 0 Å². The topological polar surface area (TPSA) is 103 Å². The molecule has 0 bridgehead atoms. The van der Waals surface area contributed by atoms with Crippen LogP contribution in [0.15, 0.2) is 49.4 Å². The van der Waals surface area contributed by atoms with E-state index in [1.807, 2.05) is 18.2 Å². The fourth-order valence-electron chi connectivity index (χ4n) is 2.99. The lowest BCUT2D eigenvalue weighted by Gasteiger charge is -2.31. The zero-order chi connectivity index (χ0) is 17.9. The maximum Gasteiger partial charge on any atom is 0.245 e. The number of piperazine rings is 1. The summed E-state index contributed by atoms with van der Waals surface area (Å²) >= 11 is 0. The molecule has 1 atom stereocenters. The van der Waals surface area contributed by atoms with Crippen LogP contribution >= 0.6 is 0 Å². The van der Waals surface area contributed by atoms with E-state index in [0.29, 0.717) is 17.2 Å². The van der Waals surface area contributed by atoms with Crippen molar-refractivity contribution >= 4 is 5.95 Å². The molecule has 8 heteroatoms. The van der Waals surface area contributed by atoms with Crippen molar-refractivity contribution in [2.24, 2.45) is 0 Å². The smallest absolute Gasteiger partial charge is 0.245 e. The third kappa shape index (κ3) is 3.14. The minimum absolute atomic E-state index is 0.126. The molecule has 0 amide bonds. The fourth-order valence-corrected chi connectivity index (χ4v) is 2.99. The molecule has 3 heterocycles. The van der Waals surface area contributed by atoms with Gasteiger partial charge in [0.1, 0.15) is 11.4 Å². The normalized spacial score (nSPS) is 17.2. The molecule has 0 radical (unpaired) electrons. The van der Waals surface area contributed by atoms with Crippen molar-refractivity contribution in [1.82, 2.24) is 30.7 Å². The van der Waals surface area contributed by atoms with Crippen LogP contribution in [0.25, 0.3) is 22.4 Å². The zero-order valence-electron chi connectivity index (χ0n) is 14.1. The molecule has 26 heavy (non-hydrogen) atoms. The molecule has 4 rings (SSSR count). The molecule has 3 N–H and O–H groups in total. The number of nitrogens with zero attached hydrogens (tertiary/aromatic N) is 5. The maximum atomic E-state index is 10.4. The molecule has 8 nitrogen and oxygen atoms in total. The largest absolute Gasteiger partial charge is 0.507 e. The molecule has 1 unspecified atom stereocenters. The summed E-state index contributed by atoms with van der Waals surface area (Å²) in [6.45, 7) is 6.24. The van der Waals surface area contributed by atoms with Crippen LogP contribution in [0.1, 0.15) is 0 Å². The van der Waals surface area contributed by atoms with Crippen molar-refractivity contribution in [2.75, 3.05) is 24.5 Å². The van der Waals surface area contributed by atoms with Gasteiger partial charge in [0, 0.05) is 43.0 Å². The van der Waals surface area contributed by atoms with Crippen LogP contribution < -0.4 is 10.2 Å². The second kappa shape index (κ2) is 6.93. The van der Waals surface area contributed by atoms with Crippen molar-refractivity contribution in [2.45, 2.75) is 6.04 Å². The van der Waals surface area contributed by atoms with E-state index in [9.17, 15) is 5.11 Å². The second-order valence-electron chi connectivity index (χ2n) is 6.10. The fraction of sp³-hybridized carbons (Fsp3) is 0.222. The Kier molecular flexibility index (Phi) is 4.32. The van der Waals surface area contributed by atoms with Crippen molar-refractivity contribution in [3.63, 3.8) is 0 Å². The monoisotopic (exact) mass is 349 g/mol. The third-order valence-electron chi connectivity index (χ3n) is 4.43. The number of nitrogens with one attached hydrogen (secondary N) is 2. The van der Waals surface area contributed by atoms with E-state index >= 15 is 0 Å². The van der Waals surface area contributed by atoms with Gasteiger partial charge in [-0.25, -0.2) is 4.98 Å². The van der Waals surface area contributed by atoms with Gasteiger partial charge in [-0.2, -0.15) is 5.10 Å². The second-order valence-corrected chi connectivity index (χ2v) is 6.10. The summed E-state index contributed by atoms with van der Waals surface area (Å²) < 4.78 is 0. The van der Waals surface area contributed by atoms with Gasteiger partial charge in [0.05, 0.1) is 12.4 Å². The molecular weight excluding hydrogens is 330 g/mol. The Morgan fingerprint density at radius 2 is 2.15 bits per heavy atom. The molecule has 3 aromatic rings. The number of benzene rings is 1. The molecule has 0 aliphatic carbocycles. The first-order valence-electron chi connectivity index (χ1n) is 8.38. The van der Waals surface area contributed by atoms with Crippen molar-refractivity contribution in [1.29, 1.82) is 0 Å². The Morgan fingerprint density at radius 1 is 1.23 bits per heavy atom. The number of hydrogen-bond acceptors (Lipinski definition) is 7. The lowest BCUT2D eigenvalue weighted by Crippen LogP contribution is -2.50. The third-order valence-corrected chi connectivity index (χ3v) is 4.43. The standard InChI is InChI=1S/C18H19N7O/c1-2-14-11-25(6-5-19-14)18-20-10-16(23-24-18)15-4-3-12(7-17(15)26)13-8-21-22-9-13/h2-4,7-10,14,19,26H,1,5-6,11H2,(H,21,22). The Balaban J connectivity index is 1.56. The number of H-pyrrole nitrogens is 1. The number of phenolic OH excluding ortho intramolecular Hbond substituents is 1. The van der Waals surface area contributed by atoms with Crippen LogP contribution in [0.5, 0.6) is 5.75 Å². The summed E-state index contributed by atoms with van der Waals surface area (Å²) in [4.78, 5) is 6.50. The summed E-state index contributed by atoms with van der Waals surface area (Å²) in [5.74, 6) is 0.707. The molecule has 0 spiro atoms. The van der Waals surface area contributed by atoms with Crippen LogP contribution in [-0.2, 0) is 0 Å². The minimum atomic E-state index is 0.126. The number of aromatic nitrogens is 5. The lowest BCUT2D eigenvalue weighted by atomic mass is 10.0. The van der Waals surface area contributed by atoms with Gasteiger partial charge in [0.25, 0.3) is 0 Å². The molecule has 1 saturated heterocycles. The number of aromatic amines is 1. The summed E-state index contributed by atoms with van der Waals surface area (Å²) in [5.41, 5.74) is 2.89. The number of aromatic hydroxyl groups is 1. The number of hydrogen-bond donors (Lipinski definition) is 3. The first-order chi connectivity index (χ1) is 12.7. The molecule has 0 saturated carbocycles. The molecule has 1 fully saturated rings. The van der Waals surface area contributed by atoms with E-state index in [2.05, 4.69) is 42.2 Å². The number of rotatable bonds is 4. The summed E-state index contributed by atoms with van der Waals surface area (Å²) in [7, 11) is 0. The van der Waals surface area contributed by atoms with Gasteiger partial charge >= 0.3 is 0 Å². The SMILES string of the molecule is C=CC1CN(c2ncc(-c3ccc(-c4cn[nH]c4)cc3O)nn2)CCN1. The van der Waals surface area contributed by atoms with Gasteiger partial charge in [-0.1, -0.05) is 12.1 Å². The highest BCUT2D eigenvalue weighted by Crippen LogP contribution is 2.31. The Hall–Kier alpha value is -3.26. The first-order valence-corrected chi connectivity index (χ1v) is 8.38. The maximum absolute atomic E-state index is 10.4. The van der Waals surface area contributed by atoms with E-state index in [1.165, 1.54) is 0 Å². The average molecular weight is 349 g/mol.